The highest BCUT2D eigenvalue weighted by Gasteiger charge is 2.03. The van der Waals surface area contributed by atoms with Crippen molar-refractivity contribution >= 4 is 0 Å². The Morgan fingerprint density at radius 1 is 1.25 bits per heavy atom. The molecule has 1 heteroatoms. The molecule has 0 saturated carbocycles. The summed E-state index contributed by atoms with van der Waals surface area (Å²) in [6, 6.07) is 0.318. The Labute approximate surface area is 75.9 Å². The average molecular weight is 165 g/mol. The summed E-state index contributed by atoms with van der Waals surface area (Å²) in [5.74, 6) is 0.505. The van der Waals surface area contributed by atoms with Crippen molar-refractivity contribution in [3.05, 3.63) is 37.1 Å². The first-order chi connectivity index (χ1) is 5.61. The standard InChI is InChI=1S/C11H19N/c1-6-8-11(9(3)4)12-10(5)7-2/h6-10,12H,1-2H2,3-5H3/b11-8-. The predicted molar refractivity (Wildman–Crippen MR) is 55.9 cm³/mol. The highest BCUT2D eigenvalue weighted by molar-refractivity contribution is 5.12. The lowest BCUT2D eigenvalue weighted by molar-refractivity contribution is 0.620. The van der Waals surface area contributed by atoms with Gasteiger partial charge in [0.2, 0.25) is 0 Å². The maximum Gasteiger partial charge on any atom is 0.0410 e. The average Bonchev–Trinajstić information content (AvgIpc) is 2.03. The summed E-state index contributed by atoms with van der Waals surface area (Å²) in [6.07, 6.45) is 5.70. The van der Waals surface area contributed by atoms with E-state index in [1.54, 1.807) is 6.08 Å². The van der Waals surface area contributed by atoms with E-state index in [0.717, 1.165) is 0 Å². The monoisotopic (exact) mass is 165 g/mol. The summed E-state index contributed by atoms with van der Waals surface area (Å²) in [5, 5.41) is 3.34. The van der Waals surface area contributed by atoms with Crippen molar-refractivity contribution in [1.82, 2.24) is 5.32 Å². The number of allylic oxidation sites excluding steroid dienone is 3. The zero-order valence-corrected chi connectivity index (χ0v) is 8.30. The lowest BCUT2D eigenvalue weighted by atomic mass is 10.1. The molecule has 1 N–H and O–H groups in total. The topological polar surface area (TPSA) is 12.0 Å². The maximum absolute atomic E-state index is 3.72. The first-order valence-electron chi connectivity index (χ1n) is 4.33. The second-order valence-electron chi connectivity index (χ2n) is 3.18. The van der Waals surface area contributed by atoms with Gasteiger partial charge >= 0.3 is 0 Å². The van der Waals surface area contributed by atoms with Crippen LogP contribution in [0.5, 0.6) is 0 Å². The first kappa shape index (κ1) is 11.0. The molecule has 0 fully saturated rings. The molecule has 0 aromatic carbocycles. The molecule has 0 aromatic rings. The van der Waals surface area contributed by atoms with Gasteiger partial charge in [-0.15, -0.1) is 6.58 Å². The molecule has 12 heavy (non-hydrogen) atoms. The van der Waals surface area contributed by atoms with Gasteiger partial charge in [0.15, 0.2) is 0 Å². The molecule has 0 aliphatic heterocycles. The lowest BCUT2D eigenvalue weighted by Crippen LogP contribution is -2.25. The van der Waals surface area contributed by atoms with Crippen LogP contribution >= 0.6 is 0 Å². The molecule has 68 valence electrons. The summed E-state index contributed by atoms with van der Waals surface area (Å²) >= 11 is 0. The molecule has 0 rings (SSSR count). The van der Waals surface area contributed by atoms with Gasteiger partial charge in [0.05, 0.1) is 0 Å². The van der Waals surface area contributed by atoms with Crippen molar-refractivity contribution in [3.63, 3.8) is 0 Å². The zero-order valence-electron chi connectivity index (χ0n) is 8.30. The Balaban J connectivity index is 4.23. The van der Waals surface area contributed by atoms with Crippen LogP contribution in [0.4, 0.5) is 0 Å². The minimum atomic E-state index is 0.318. The van der Waals surface area contributed by atoms with Crippen LogP contribution in [-0.2, 0) is 0 Å². The summed E-state index contributed by atoms with van der Waals surface area (Å²) in [7, 11) is 0. The Morgan fingerprint density at radius 2 is 1.83 bits per heavy atom. The zero-order chi connectivity index (χ0) is 9.56. The molecule has 1 nitrogen and oxygen atoms in total. The highest BCUT2D eigenvalue weighted by Crippen LogP contribution is 2.06. The van der Waals surface area contributed by atoms with Gasteiger partial charge in [-0.1, -0.05) is 32.6 Å². The van der Waals surface area contributed by atoms with Gasteiger partial charge in [-0.05, 0) is 18.9 Å². The van der Waals surface area contributed by atoms with Crippen LogP contribution in [0.15, 0.2) is 37.1 Å². The maximum atomic E-state index is 3.72. The van der Waals surface area contributed by atoms with Gasteiger partial charge < -0.3 is 5.32 Å². The molecule has 0 amide bonds. The van der Waals surface area contributed by atoms with Crippen LogP contribution in [0.2, 0.25) is 0 Å². The molecular formula is C11H19N. The minimum absolute atomic E-state index is 0.318. The second-order valence-corrected chi connectivity index (χ2v) is 3.18. The van der Waals surface area contributed by atoms with Crippen LogP contribution in [-0.4, -0.2) is 6.04 Å². The third-order valence-electron chi connectivity index (χ3n) is 1.67. The molecule has 0 aliphatic carbocycles. The minimum Gasteiger partial charge on any atom is -0.382 e. The van der Waals surface area contributed by atoms with E-state index in [4.69, 9.17) is 0 Å². The highest BCUT2D eigenvalue weighted by atomic mass is 14.9. The molecular weight excluding hydrogens is 146 g/mol. The molecule has 0 spiro atoms. The van der Waals surface area contributed by atoms with E-state index < -0.39 is 0 Å². The largest absolute Gasteiger partial charge is 0.382 e. The molecule has 0 bridgehead atoms. The van der Waals surface area contributed by atoms with Crippen LogP contribution in [0.3, 0.4) is 0 Å². The van der Waals surface area contributed by atoms with E-state index in [2.05, 4.69) is 39.2 Å². The van der Waals surface area contributed by atoms with E-state index in [-0.39, 0.29) is 0 Å². The first-order valence-corrected chi connectivity index (χ1v) is 4.33. The Bertz CT molecular complexity index is 177. The van der Waals surface area contributed by atoms with Crippen molar-refractivity contribution < 1.29 is 0 Å². The van der Waals surface area contributed by atoms with E-state index in [1.165, 1.54) is 5.70 Å². The van der Waals surface area contributed by atoms with Gasteiger partial charge in [-0.3, -0.25) is 0 Å². The summed E-state index contributed by atoms with van der Waals surface area (Å²) in [4.78, 5) is 0. The van der Waals surface area contributed by atoms with Gasteiger partial charge in [0, 0.05) is 11.7 Å². The SMILES string of the molecule is C=C/C=C(\NC(C)C=C)C(C)C. The van der Waals surface area contributed by atoms with Gasteiger partial charge in [-0.25, -0.2) is 0 Å². The molecule has 0 heterocycles. The quantitative estimate of drug-likeness (QED) is 0.488. The van der Waals surface area contributed by atoms with E-state index in [9.17, 15) is 0 Å². The smallest absolute Gasteiger partial charge is 0.0410 e. The number of nitrogens with one attached hydrogen (secondary N) is 1. The van der Waals surface area contributed by atoms with Crippen molar-refractivity contribution in [1.29, 1.82) is 0 Å². The Hall–Kier alpha value is -0.980. The second kappa shape index (κ2) is 5.64. The number of hydrogen-bond acceptors (Lipinski definition) is 1. The van der Waals surface area contributed by atoms with E-state index in [0.29, 0.717) is 12.0 Å². The van der Waals surface area contributed by atoms with Crippen molar-refractivity contribution in [2.24, 2.45) is 5.92 Å². The van der Waals surface area contributed by atoms with Crippen molar-refractivity contribution in [3.8, 4) is 0 Å². The normalized spacial score (nSPS) is 14.2. The van der Waals surface area contributed by atoms with E-state index in [1.807, 2.05) is 12.2 Å². The number of rotatable bonds is 5. The molecule has 1 atom stereocenters. The fourth-order valence-corrected chi connectivity index (χ4v) is 0.856. The third-order valence-corrected chi connectivity index (χ3v) is 1.67. The fourth-order valence-electron chi connectivity index (χ4n) is 0.856. The van der Waals surface area contributed by atoms with Crippen LogP contribution in [0.1, 0.15) is 20.8 Å². The molecule has 0 saturated heterocycles. The molecule has 1 unspecified atom stereocenters. The van der Waals surface area contributed by atoms with Crippen LogP contribution < -0.4 is 5.32 Å². The number of hydrogen-bond donors (Lipinski definition) is 1. The van der Waals surface area contributed by atoms with Gasteiger partial charge in [0.25, 0.3) is 0 Å². The van der Waals surface area contributed by atoms with Crippen molar-refractivity contribution in [2.75, 3.05) is 0 Å². The van der Waals surface area contributed by atoms with Crippen LogP contribution in [0.25, 0.3) is 0 Å². The molecule has 0 aromatic heterocycles. The molecule has 0 aliphatic rings. The lowest BCUT2D eigenvalue weighted by Gasteiger charge is -2.17. The predicted octanol–water partition coefficient (Wildman–Crippen LogP) is 2.88. The third kappa shape index (κ3) is 4.02. The summed E-state index contributed by atoms with van der Waals surface area (Å²) in [6.45, 7) is 13.8. The van der Waals surface area contributed by atoms with Crippen molar-refractivity contribution in [2.45, 2.75) is 26.8 Å². The summed E-state index contributed by atoms with van der Waals surface area (Å²) in [5.41, 5.74) is 1.21. The fraction of sp³-hybridized carbons (Fsp3) is 0.455. The Morgan fingerprint density at radius 3 is 2.17 bits per heavy atom. The summed E-state index contributed by atoms with van der Waals surface area (Å²) < 4.78 is 0. The molecule has 0 radical (unpaired) electrons. The van der Waals surface area contributed by atoms with Crippen LogP contribution in [0, 0.1) is 5.92 Å². The Kier molecular flexibility index (Phi) is 5.18. The van der Waals surface area contributed by atoms with Gasteiger partial charge in [0.1, 0.15) is 0 Å². The van der Waals surface area contributed by atoms with Gasteiger partial charge in [-0.2, -0.15) is 0 Å². The van der Waals surface area contributed by atoms with E-state index >= 15 is 0 Å².